The Labute approximate surface area is 188 Å². The Balaban J connectivity index is 2.58. The maximum Gasteiger partial charge on any atom is 0.257 e. The van der Waals surface area contributed by atoms with E-state index in [0.717, 1.165) is 11.3 Å². The lowest BCUT2D eigenvalue weighted by atomic mass is 9.92. The van der Waals surface area contributed by atoms with Gasteiger partial charge in [0, 0.05) is 41.0 Å². The Hall–Kier alpha value is -2.15. The molecule has 0 atom stereocenters. The van der Waals surface area contributed by atoms with E-state index in [0.29, 0.717) is 27.4 Å². The molecule has 2 amide bonds. The Morgan fingerprint density at radius 1 is 1.40 bits per heavy atom. The molecule has 0 radical (unpaired) electrons. The minimum atomic E-state index is -0.263. The van der Waals surface area contributed by atoms with Gasteiger partial charge in [-0.3, -0.25) is 14.6 Å². The van der Waals surface area contributed by atoms with Gasteiger partial charge in [-0.2, -0.15) is 0 Å². The van der Waals surface area contributed by atoms with Crippen molar-refractivity contribution in [3.05, 3.63) is 56.9 Å². The van der Waals surface area contributed by atoms with Gasteiger partial charge in [-0.15, -0.1) is 0 Å². The second-order valence-corrected chi connectivity index (χ2v) is 8.37. The third kappa shape index (κ3) is 4.77. The summed E-state index contributed by atoms with van der Waals surface area (Å²) < 4.78 is 0. The van der Waals surface area contributed by atoms with Crippen molar-refractivity contribution in [2.75, 3.05) is 13.6 Å². The molecule has 30 heavy (non-hydrogen) atoms. The summed E-state index contributed by atoms with van der Waals surface area (Å²) >= 11 is 12.4. The van der Waals surface area contributed by atoms with Crippen molar-refractivity contribution >= 4 is 40.6 Å². The third-order valence-corrected chi connectivity index (χ3v) is 5.64. The molecule has 2 rings (SSSR count). The number of nitrogens with two attached hydrogens (primary N) is 1. The molecule has 0 fully saturated rings. The molecule has 1 aromatic heterocycles. The smallest absolute Gasteiger partial charge is 0.257 e. The largest absolute Gasteiger partial charge is 0.342 e. The highest BCUT2D eigenvalue weighted by Crippen LogP contribution is 2.37. The minimum Gasteiger partial charge on any atom is -0.342 e. The van der Waals surface area contributed by atoms with Gasteiger partial charge in [-0.05, 0) is 44.9 Å². The Morgan fingerprint density at radius 2 is 2.03 bits per heavy atom. The van der Waals surface area contributed by atoms with E-state index in [1.54, 1.807) is 18.0 Å². The molecule has 0 aromatic carbocycles. The molecule has 0 aliphatic carbocycles. The lowest BCUT2D eigenvalue weighted by Gasteiger charge is -2.24. The van der Waals surface area contributed by atoms with Crippen LogP contribution in [0.4, 0.5) is 0 Å². The van der Waals surface area contributed by atoms with E-state index in [1.807, 2.05) is 27.7 Å². The highest BCUT2D eigenvalue weighted by molar-refractivity contribution is 6.39. The molecule has 2 N–H and O–H groups in total. The predicted molar refractivity (Wildman–Crippen MR) is 122 cm³/mol. The summed E-state index contributed by atoms with van der Waals surface area (Å²) in [5, 5.41) is 0.619. The second-order valence-electron chi connectivity index (χ2n) is 7.48. The summed E-state index contributed by atoms with van der Waals surface area (Å²) in [5.74, 6) is -0.396. The summed E-state index contributed by atoms with van der Waals surface area (Å²) in [6.07, 6.45) is 3.33. The molecule has 0 bridgehead atoms. The van der Waals surface area contributed by atoms with Crippen LogP contribution in [0.2, 0.25) is 0 Å². The number of nitrogens with zero attached hydrogens (tertiary/aromatic N) is 3. The van der Waals surface area contributed by atoms with Crippen molar-refractivity contribution in [2.24, 2.45) is 5.73 Å². The average molecular weight is 451 g/mol. The summed E-state index contributed by atoms with van der Waals surface area (Å²) in [7, 11) is 1.72. The summed E-state index contributed by atoms with van der Waals surface area (Å²) in [6.45, 7) is 11.6. The number of amides is 2. The van der Waals surface area contributed by atoms with Gasteiger partial charge in [-0.1, -0.05) is 35.9 Å². The molecule has 8 heteroatoms. The standard InChI is InChI=1S/C22H28Cl2N4O2/c1-7-15(17(24)8-13(4)23)20-16(9-25)14(5)26-18-10-28(22(30)21(18)20)11-19(29)27(6)12(2)3/h7-8,12H,4,9-11,25H2,1-3,5-6H3/b15-7+,17-8+. The Kier molecular flexibility index (Phi) is 7.86. The molecule has 0 spiro atoms. The molecule has 2 heterocycles. The maximum atomic E-state index is 13.3. The van der Waals surface area contributed by atoms with Crippen LogP contribution in [0, 0.1) is 6.92 Å². The van der Waals surface area contributed by atoms with E-state index in [9.17, 15) is 9.59 Å². The van der Waals surface area contributed by atoms with Crippen molar-refractivity contribution < 1.29 is 9.59 Å². The van der Waals surface area contributed by atoms with E-state index in [1.165, 1.54) is 11.0 Å². The Bertz CT molecular complexity index is 951. The van der Waals surface area contributed by atoms with Crippen LogP contribution in [0.3, 0.4) is 0 Å². The Morgan fingerprint density at radius 3 is 2.53 bits per heavy atom. The number of fused-ring (bicyclic) bond motifs is 1. The molecule has 1 aliphatic heterocycles. The van der Waals surface area contributed by atoms with Crippen molar-refractivity contribution in [1.82, 2.24) is 14.8 Å². The van der Waals surface area contributed by atoms with Crippen LogP contribution < -0.4 is 5.73 Å². The summed E-state index contributed by atoms with van der Waals surface area (Å²) in [5.41, 5.74) is 9.77. The molecule has 162 valence electrons. The fourth-order valence-electron chi connectivity index (χ4n) is 3.41. The van der Waals surface area contributed by atoms with Crippen LogP contribution >= 0.6 is 23.2 Å². The molecule has 0 saturated carbocycles. The number of hydrogen-bond acceptors (Lipinski definition) is 4. The second kappa shape index (κ2) is 9.77. The van der Waals surface area contributed by atoms with Gasteiger partial charge in [0.05, 0.1) is 17.8 Å². The van der Waals surface area contributed by atoms with E-state index in [-0.39, 0.29) is 42.5 Å². The molecule has 1 aliphatic rings. The van der Waals surface area contributed by atoms with Gasteiger partial charge < -0.3 is 15.5 Å². The molecular weight excluding hydrogens is 423 g/mol. The molecule has 6 nitrogen and oxygen atoms in total. The summed E-state index contributed by atoms with van der Waals surface area (Å²) in [6, 6.07) is 0.0413. The lowest BCUT2D eigenvalue weighted by Crippen LogP contribution is -2.41. The predicted octanol–water partition coefficient (Wildman–Crippen LogP) is 3.95. The fourth-order valence-corrected chi connectivity index (χ4v) is 3.91. The van der Waals surface area contributed by atoms with Crippen LogP contribution in [0.5, 0.6) is 0 Å². The van der Waals surface area contributed by atoms with E-state index >= 15 is 0 Å². The van der Waals surface area contributed by atoms with Gasteiger partial charge in [-0.25, -0.2) is 0 Å². The lowest BCUT2D eigenvalue weighted by molar-refractivity contribution is -0.132. The quantitative estimate of drug-likeness (QED) is 0.637. The molecular formula is C22H28Cl2N4O2. The number of rotatable bonds is 7. The van der Waals surface area contributed by atoms with Crippen LogP contribution in [-0.4, -0.2) is 46.2 Å². The zero-order valence-electron chi connectivity index (χ0n) is 18.1. The zero-order valence-corrected chi connectivity index (χ0v) is 19.6. The first kappa shape index (κ1) is 24.1. The highest BCUT2D eigenvalue weighted by Gasteiger charge is 2.36. The number of allylic oxidation sites excluding steroid dienone is 5. The van der Waals surface area contributed by atoms with E-state index in [2.05, 4.69) is 11.6 Å². The number of aryl methyl sites for hydroxylation is 1. The van der Waals surface area contributed by atoms with Crippen molar-refractivity contribution in [1.29, 1.82) is 0 Å². The molecule has 0 unspecified atom stereocenters. The zero-order chi connectivity index (χ0) is 22.7. The van der Waals surface area contributed by atoms with E-state index < -0.39 is 0 Å². The number of halogens is 2. The number of aromatic nitrogens is 1. The topological polar surface area (TPSA) is 79.5 Å². The number of carbonyl (C=O) groups excluding carboxylic acids is 2. The number of likely N-dealkylation sites (N-methyl/N-ethyl adjacent to an activating group) is 1. The van der Waals surface area contributed by atoms with Crippen molar-refractivity contribution in [3.63, 3.8) is 0 Å². The average Bonchev–Trinajstić information content (AvgIpc) is 2.95. The monoisotopic (exact) mass is 450 g/mol. The fraction of sp³-hybridized carbons (Fsp3) is 0.409. The van der Waals surface area contributed by atoms with Crippen molar-refractivity contribution in [2.45, 2.75) is 46.8 Å². The SMILES string of the molecule is C=C(Cl)/C=C(Cl)\C(=C/C)c1c(CN)c(C)nc2c1C(=O)N(CC(=O)N(C)C(C)C)C2. The van der Waals surface area contributed by atoms with Gasteiger partial charge in [0.1, 0.15) is 6.54 Å². The number of carbonyl (C=O) groups is 2. The van der Waals surface area contributed by atoms with Crippen LogP contribution in [-0.2, 0) is 17.9 Å². The van der Waals surface area contributed by atoms with Gasteiger partial charge in [0.25, 0.3) is 5.91 Å². The van der Waals surface area contributed by atoms with Crippen LogP contribution in [0.1, 0.15) is 53.6 Å². The third-order valence-electron chi connectivity index (χ3n) is 5.22. The summed E-state index contributed by atoms with van der Waals surface area (Å²) in [4.78, 5) is 33.6. The number of pyridine rings is 1. The minimum absolute atomic E-state index is 0.0203. The molecule has 1 aromatic rings. The van der Waals surface area contributed by atoms with Gasteiger partial charge in [0.15, 0.2) is 0 Å². The first-order valence-corrected chi connectivity index (χ1v) is 10.4. The molecule has 0 saturated heterocycles. The maximum absolute atomic E-state index is 13.3. The van der Waals surface area contributed by atoms with Crippen molar-refractivity contribution in [3.8, 4) is 0 Å². The van der Waals surface area contributed by atoms with Crippen LogP contribution in [0.15, 0.2) is 28.8 Å². The number of hydrogen-bond donors (Lipinski definition) is 1. The normalized spacial score (nSPS) is 14.4. The van der Waals surface area contributed by atoms with Gasteiger partial charge in [0.2, 0.25) is 5.91 Å². The van der Waals surface area contributed by atoms with E-state index in [4.69, 9.17) is 28.9 Å². The first-order chi connectivity index (χ1) is 14.0. The van der Waals surface area contributed by atoms with Gasteiger partial charge >= 0.3 is 0 Å². The first-order valence-electron chi connectivity index (χ1n) is 9.69. The van der Waals surface area contributed by atoms with Crippen LogP contribution in [0.25, 0.3) is 5.57 Å². The highest BCUT2D eigenvalue weighted by atomic mass is 35.5.